The van der Waals surface area contributed by atoms with Crippen molar-refractivity contribution in [2.24, 2.45) is 5.14 Å². The molecular formula is C24H21N3O4S. The summed E-state index contributed by atoms with van der Waals surface area (Å²) in [6, 6.07) is 19.7. The van der Waals surface area contributed by atoms with Crippen molar-refractivity contribution in [2.75, 3.05) is 10.2 Å². The number of benzene rings is 3. The van der Waals surface area contributed by atoms with Gasteiger partial charge in [-0.2, -0.15) is 0 Å². The van der Waals surface area contributed by atoms with Crippen LogP contribution in [0.15, 0.2) is 83.8 Å². The molecule has 4 rings (SSSR count). The number of fused-ring (bicyclic) bond motifs is 1. The van der Waals surface area contributed by atoms with Crippen LogP contribution in [0.3, 0.4) is 0 Å². The molecule has 0 bridgehead atoms. The van der Waals surface area contributed by atoms with E-state index >= 15 is 0 Å². The van der Waals surface area contributed by atoms with Crippen molar-refractivity contribution in [3.63, 3.8) is 0 Å². The number of carbonyl (C=O) groups excluding carboxylic acids is 2. The smallest absolute Gasteiger partial charge is 0.252 e. The van der Waals surface area contributed by atoms with Crippen molar-refractivity contribution in [3.05, 3.63) is 95.6 Å². The van der Waals surface area contributed by atoms with E-state index in [9.17, 15) is 18.0 Å². The maximum Gasteiger partial charge on any atom is 0.252 e. The van der Waals surface area contributed by atoms with Crippen molar-refractivity contribution in [1.82, 2.24) is 0 Å². The maximum absolute atomic E-state index is 13.3. The van der Waals surface area contributed by atoms with Crippen molar-refractivity contribution in [2.45, 2.75) is 17.9 Å². The van der Waals surface area contributed by atoms with E-state index in [-0.39, 0.29) is 10.6 Å². The van der Waals surface area contributed by atoms with Gasteiger partial charge < -0.3 is 5.32 Å². The average Bonchev–Trinajstić information content (AvgIpc) is 2.77. The van der Waals surface area contributed by atoms with E-state index in [2.05, 4.69) is 5.32 Å². The largest absolute Gasteiger partial charge is 0.322 e. The topological polar surface area (TPSA) is 110 Å². The Morgan fingerprint density at radius 1 is 1.03 bits per heavy atom. The molecule has 0 radical (unpaired) electrons. The van der Waals surface area contributed by atoms with Crippen molar-refractivity contribution < 1.29 is 18.0 Å². The number of nitrogens with one attached hydrogen (secondary N) is 1. The Morgan fingerprint density at radius 3 is 2.38 bits per heavy atom. The summed E-state index contributed by atoms with van der Waals surface area (Å²) in [7, 11) is -3.98. The van der Waals surface area contributed by atoms with Crippen LogP contribution >= 0.6 is 0 Å². The number of amides is 2. The molecule has 0 aromatic heterocycles. The van der Waals surface area contributed by atoms with E-state index in [1.807, 2.05) is 37.3 Å². The van der Waals surface area contributed by atoms with Gasteiger partial charge in [-0.3, -0.25) is 14.5 Å². The first-order valence-electron chi connectivity index (χ1n) is 9.84. The lowest BCUT2D eigenvalue weighted by atomic mass is 9.99. The minimum atomic E-state index is -3.98. The van der Waals surface area contributed by atoms with Crippen molar-refractivity contribution >= 4 is 39.3 Å². The highest BCUT2D eigenvalue weighted by Gasteiger charge is 2.37. The number of carbonyl (C=O) groups is 2. The molecule has 1 atom stereocenters. The molecule has 0 aliphatic carbocycles. The van der Waals surface area contributed by atoms with Gasteiger partial charge in [0.1, 0.15) is 6.04 Å². The molecule has 162 valence electrons. The summed E-state index contributed by atoms with van der Waals surface area (Å²) in [5, 5.41) is 7.94. The lowest BCUT2D eigenvalue weighted by Gasteiger charge is -2.36. The van der Waals surface area contributed by atoms with Crippen LogP contribution in [0.5, 0.6) is 0 Å². The number of sulfonamides is 1. The van der Waals surface area contributed by atoms with Crippen LogP contribution < -0.4 is 15.4 Å². The van der Waals surface area contributed by atoms with Gasteiger partial charge in [-0.05, 0) is 42.3 Å². The van der Waals surface area contributed by atoms with Crippen molar-refractivity contribution in [1.29, 1.82) is 0 Å². The fourth-order valence-electron chi connectivity index (χ4n) is 3.57. The Labute approximate surface area is 186 Å². The van der Waals surface area contributed by atoms with Crippen LogP contribution in [0.25, 0.3) is 6.08 Å². The van der Waals surface area contributed by atoms with Crippen LogP contribution in [-0.2, 0) is 19.6 Å². The van der Waals surface area contributed by atoms with E-state index in [1.54, 1.807) is 30.3 Å². The van der Waals surface area contributed by atoms with Gasteiger partial charge in [-0.1, -0.05) is 60.2 Å². The van der Waals surface area contributed by atoms with Crippen LogP contribution in [0.1, 0.15) is 22.7 Å². The number of rotatable bonds is 4. The second-order valence-electron chi connectivity index (χ2n) is 7.48. The molecule has 0 saturated heterocycles. The van der Waals surface area contributed by atoms with E-state index in [1.165, 1.54) is 29.2 Å². The predicted molar refractivity (Wildman–Crippen MR) is 123 cm³/mol. The maximum atomic E-state index is 13.3. The first-order valence-corrected chi connectivity index (χ1v) is 11.4. The van der Waals surface area contributed by atoms with Crippen LogP contribution in [-0.4, -0.2) is 20.2 Å². The zero-order chi connectivity index (χ0) is 22.9. The number of nitrogens with zero attached hydrogens (tertiary/aromatic N) is 1. The second kappa shape index (κ2) is 8.41. The zero-order valence-corrected chi connectivity index (χ0v) is 18.0. The second-order valence-corrected chi connectivity index (χ2v) is 9.04. The molecule has 1 heterocycles. The highest BCUT2D eigenvalue weighted by molar-refractivity contribution is 7.89. The molecule has 0 saturated carbocycles. The molecule has 0 fully saturated rings. The van der Waals surface area contributed by atoms with Gasteiger partial charge in [-0.25, -0.2) is 13.6 Å². The Bertz CT molecular complexity index is 1320. The molecule has 8 heteroatoms. The standard InChI is InChI=1S/C24H21N3O4S/c1-16-7-9-17(10-8-16)11-14-22(28)27-21-13-12-19(32(25,30)31)15-20(21)26-24(29)23(27)18-5-3-2-4-6-18/h2-15,23H,1H3,(H,26,29)(H2,25,30,31)/b14-11+. The number of anilines is 2. The minimum Gasteiger partial charge on any atom is -0.322 e. The molecule has 3 aromatic rings. The van der Waals surface area contributed by atoms with Gasteiger partial charge >= 0.3 is 0 Å². The minimum absolute atomic E-state index is 0.155. The molecule has 1 aliphatic heterocycles. The summed E-state index contributed by atoms with van der Waals surface area (Å²) < 4.78 is 23.5. The summed E-state index contributed by atoms with van der Waals surface area (Å²) in [4.78, 5) is 27.6. The molecule has 3 N–H and O–H groups in total. The van der Waals surface area contributed by atoms with Gasteiger partial charge in [0.25, 0.3) is 11.8 Å². The SMILES string of the molecule is Cc1ccc(/C=C/C(=O)N2c3ccc(S(N)(=O)=O)cc3NC(=O)C2c2ccccc2)cc1. The van der Waals surface area contributed by atoms with E-state index in [4.69, 9.17) is 5.14 Å². The third-order valence-corrected chi connectivity index (χ3v) is 6.08. The number of aryl methyl sites for hydroxylation is 1. The average molecular weight is 448 g/mol. The first-order chi connectivity index (χ1) is 15.2. The molecule has 32 heavy (non-hydrogen) atoms. The monoisotopic (exact) mass is 447 g/mol. The van der Waals surface area contributed by atoms with Gasteiger partial charge in [0.2, 0.25) is 10.0 Å². The van der Waals surface area contributed by atoms with E-state index < -0.39 is 27.9 Å². The normalized spacial score (nSPS) is 16.0. The molecule has 1 unspecified atom stereocenters. The number of hydrogen-bond donors (Lipinski definition) is 2. The van der Waals surface area contributed by atoms with Crippen molar-refractivity contribution in [3.8, 4) is 0 Å². The molecule has 3 aromatic carbocycles. The third-order valence-electron chi connectivity index (χ3n) is 5.17. The summed E-state index contributed by atoms with van der Waals surface area (Å²) in [5.41, 5.74) is 3.15. The molecule has 1 aliphatic rings. The summed E-state index contributed by atoms with van der Waals surface area (Å²) in [5.74, 6) is -0.869. The fraction of sp³-hybridized carbons (Fsp3) is 0.0833. The quantitative estimate of drug-likeness (QED) is 0.598. The van der Waals surface area contributed by atoms with Crippen LogP contribution in [0, 0.1) is 6.92 Å². The third kappa shape index (κ3) is 4.32. The Kier molecular flexibility index (Phi) is 5.65. The van der Waals surface area contributed by atoms with Crippen LogP contribution in [0.2, 0.25) is 0 Å². The highest BCUT2D eigenvalue weighted by atomic mass is 32.2. The summed E-state index contributed by atoms with van der Waals surface area (Å²) >= 11 is 0. The molecule has 0 spiro atoms. The zero-order valence-electron chi connectivity index (χ0n) is 17.2. The van der Waals surface area contributed by atoms with E-state index in [0.29, 0.717) is 11.3 Å². The Morgan fingerprint density at radius 2 is 1.72 bits per heavy atom. The van der Waals surface area contributed by atoms with E-state index in [0.717, 1.165) is 11.1 Å². The van der Waals surface area contributed by atoms with Gasteiger partial charge in [0.05, 0.1) is 16.3 Å². The van der Waals surface area contributed by atoms with Crippen LogP contribution in [0.4, 0.5) is 11.4 Å². The first kappa shape index (κ1) is 21.5. The van der Waals surface area contributed by atoms with Gasteiger partial charge in [0, 0.05) is 6.08 Å². The Balaban J connectivity index is 1.79. The lowest BCUT2D eigenvalue weighted by Crippen LogP contribution is -2.44. The van der Waals surface area contributed by atoms with Gasteiger partial charge in [0.15, 0.2) is 0 Å². The molecule has 7 nitrogen and oxygen atoms in total. The molecule has 2 amide bonds. The Hall–Kier alpha value is -3.75. The predicted octanol–water partition coefficient (Wildman–Crippen LogP) is 3.38. The number of primary sulfonamides is 1. The summed E-state index contributed by atoms with van der Waals surface area (Å²) in [6.07, 6.45) is 3.07. The fourth-order valence-corrected chi connectivity index (χ4v) is 4.11. The van der Waals surface area contributed by atoms with Gasteiger partial charge in [-0.15, -0.1) is 0 Å². The summed E-state index contributed by atoms with van der Waals surface area (Å²) in [6.45, 7) is 1.97. The number of nitrogens with two attached hydrogens (primary N) is 1. The molecular weight excluding hydrogens is 426 g/mol. The number of hydrogen-bond acceptors (Lipinski definition) is 4. The highest BCUT2D eigenvalue weighted by Crippen LogP contribution is 2.39. The lowest BCUT2D eigenvalue weighted by molar-refractivity contribution is -0.121.